The highest BCUT2D eigenvalue weighted by Gasteiger charge is 2.19. The van der Waals surface area contributed by atoms with Crippen molar-refractivity contribution < 1.29 is 4.92 Å². The number of nitrogens with zero attached hydrogens (tertiary/aromatic N) is 1. The summed E-state index contributed by atoms with van der Waals surface area (Å²) in [6.07, 6.45) is 0. The summed E-state index contributed by atoms with van der Waals surface area (Å²) in [6.45, 7) is -0.142. The van der Waals surface area contributed by atoms with E-state index in [1.165, 1.54) is 11.8 Å². The van der Waals surface area contributed by atoms with Crippen LogP contribution in [0.5, 0.6) is 0 Å². The van der Waals surface area contributed by atoms with Crippen LogP contribution in [0.15, 0.2) is 53.4 Å². The van der Waals surface area contributed by atoms with Crippen LogP contribution in [-0.2, 0) is 0 Å². The van der Waals surface area contributed by atoms with E-state index in [4.69, 9.17) is 17.3 Å². The van der Waals surface area contributed by atoms with Gasteiger partial charge in [-0.3, -0.25) is 10.1 Å². The Labute approximate surface area is 126 Å². The van der Waals surface area contributed by atoms with Gasteiger partial charge in [0.05, 0.1) is 5.25 Å². The molecule has 0 fully saturated rings. The zero-order valence-electron chi connectivity index (χ0n) is 10.5. The number of hydrogen-bond acceptors (Lipinski definition) is 4. The number of nitrogens with two attached hydrogens (primary N) is 1. The molecule has 0 amide bonds. The van der Waals surface area contributed by atoms with Crippen LogP contribution in [0.1, 0.15) is 10.8 Å². The van der Waals surface area contributed by atoms with Gasteiger partial charge < -0.3 is 5.73 Å². The molecule has 6 heteroatoms. The van der Waals surface area contributed by atoms with Crippen molar-refractivity contribution >= 4 is 29.1 Å². The minimum Gasteiger partial charge on any atom is -0.399 e. The van der Waals surface area contributed by atoms with Gasteiger partial charge in [-0.1, -0.05) is 23.7 Å². The highest BCUT2D eigenvalue weighted by Crippen LogP contribution is 2.36. The maximum atomic E-state index is 10.8. The molecular weight excluding hydrogens is 296 g/mol. The normalized spacial score (nSPS) is 12.1. The molecule has 0 saturated carbocycles. The molecule has 0 aromatic heterocycles. The van der Waals surface area contributed by atoms with Crippen LogP contribution >= 0.6 is 23.4 Å². The molecule has 0 saturated heterocycles. The van der Waals surface area contributed by atoms with Crippen LogP contribution in [0.25, 0.3) is 0 Å². The lowest BCUT2D eigenvalue weighted by molar-refractivity contribution is -0.479. The van der Waals surface area contributed by atoms with Crippen molar-refractivity contribution in [3.05, 3.63) is 69.2 Å². The maximum absolute atomic E-state index is 10.8. The number of halogens is 1. The van der Waals surface area contributed by atoms with E-state index >= 15 is 0 Å². The third-order valence-corrected chi connectivity index (χ3v) is 4.22. The van der Waals surface area contributed by atoms with Gasteiger partial charge in [-0.15, -0.1) is 11.8 Å². The molecule has 0 spiro atoms. The van der Waals surface area contributed by atoms with Crippen LogP contribution in [0, 0.1) is 10.1 Å². The average Bonchev–Trinajstić information content (AvgIpc) is 2.41. The first-order valence-electron chi connectivity index (χ1n) is 5.94. The molecule has 4 nitrogen and oxygen atoms in total. The summed E-state index contributed by atoms with van der Waals surface area (Å²) in [7, 11) is 0. The second-order valence-corrected chi connectivity index (χ2v) is 5.95. The molecule has 0 aliphatic rings. The lowest BCUT2D eigenvalue weighted by atomic mass is 10.1. The van der Waals surface area contributed by atoms with E-state index in [2.05, 4.69) is 0 Å². The second kappa shape index (κ2) is 6.63. The summed E-state index contributed by atoms with van der Waals surface area (Å²) in [4.78, 5) is 11.5. The summed E-state index contributed by atoms with van der Waals surface area (Å²) in [5, 5.41) is 11.2. The minimum absolute atomic E-state index is 0.142. The number of nitro groups is 1. The monoisotopic (exact) mass is 308 g/mol. The standard InChI is InChI=1S/C14H13ClN2O2S/c15-11-3-1-10(2-4-11)14(9-17(18)19)20-13-7-5-12(16)6-8-13/h1-8,14H,9,16H2/t14-/m0/s1. The number of thioether (sulfide) groups is 1. The molecule has 2 aromatic rings. The van der Waals surface area contributed by atoms with E-state index in [1.807, 2.05) is 24.3 Å². The van der Waals surface area contributed by atoms with Gasteiger partial charge in [-0.25, -0.2) is 0 Å². The molecule has 104 valence electrons. The number of nitrogen functional groups attached to an aromatic ring is 1. The molecule has 2 N–H and O–H groups in total. The van der Waals surface area contributed by atoms with Crippen molar-refractivity contribution in [3.8, 4) is 0 Å². The van der Waals surface area contributed by atoms with E-state index in [0.29, 0.717) is 10.7 Å². The Hall–Kier alpha value is -1.72. The molecule has 2 rings (SSSR count). The van der Waals surface area contributed by atoms with Gasteiger partial charge in [0.2, 0.25) is 6.54 Å². The van der Waals surface area contributed by atoms with Crippen molar-refractivity contribution in [1.29, 1.82) is 0 Å². The third-order valence-electron chi connectivity index (χ3n) is 2.72. The average molecular weight is 309 g/mol. The van der Waals surface area contributed by atoms with Crippen molar-refractivity contribution in [2.75, 3.05) is 12.3 Å². The first kappa shape index (κ1) is 14.7. The molecule has 0 heterocycles. The molecule has 0 aliphatic carbocycles. The minimum atomic E-state index is -0.302. The van der Waals surface area contributed by atoms with Gasteiger partial charge in [0.25, 0.3) is 0 Å². The maximum Gasteiger partial charge on any atom is 0.220 e. The highest BCUT2D eigenvalue weighted by molar-refractivity contribution is 7.99. The zero-order valence-corrected chi connectivity index (χ0v) is 12.1. The van der Waals surface area contributed by atoms with E-state index in [1.54, 1.807) is 24.3 Å². The Kier molecular flexibility index (Phi) is 4.87. The molecule has 0 bridgehead atoms. The Morgan fingerprint density at radius 3 is 2.30 bits per heavy atom. The van der Waals surface area contributed by atoms with Crippen LogP contribution in [0.3, 0.4) is 0 Å². The third kappa shape index (κ3) is 4.15. The first-order valence-corrected chi connectivity index (χ1v) is 7.20. The van der Waals surface area contributed by atoms with Crippen molar-refractivity contribution in [1.82, 2.24) is 0 Å². The van der Waals surface area contributed by atoms with Gasteiger partial charge in [0.15, 0.2) is 0 Å². The molecule has 2 aromatic carbocycles. The summed E-state index contributed by atoms with van der Waals surface area (Å²) >= 11 is 7.29. The predicted octanol–water partition coefficient (Wildman–Crippen LogP) is 4.03. The fraction of sp³-hybridized carbons (Fsp3) is 0.143. The summed E-state index contributed by atoms with van der Waals surface area (Å²) in [6, 6.07) is 14.4. The highest BCUT2D eigenvalue weighted by atomic mass is 35.5. The number of rotatable bonds is 5. The molecule has 1 atom stereocenters. The van der Waals surface area contributed by atoms with Crippen LogP contribution in [0.4, 0.5) is 5.69 Å². The number of anilines is 1. The molecule has 0 unspecified atom stereocenters. The smallest absolute Gasteiger partial charge is 0.220 e. The lowest BCUT2D eigenvalue weighted by Crippen LogP contribution is -2.09. The van der Waals surface area contributed by atoms with Crippen molar-refractivity contribution in [2.45, 2.75) is 10.1 Å². The lowest BCUT2D eigenvalue weighted by Gasteiger charge is -2.13. The largest absolute Gasteiger partial charge is 0.399 e. The van der Waals surface area contributed by atoms with Gasteiger partial charge >= 0.3 is 0 Å². The Morgan fingerprint density at radius 1 is 1.15 bits per heavy atom. The molecular formula is C14H13ClN2O2S. The number of hydrogen-bond donors (Lipinski definition) is 1. The van der Waals surface area contributed by atoms with Gasteiger partial charge in [0, 0.05) is 20.5 Å². The fourth-order valence-electron chi connectivity index (χ4n) is 1.73. The first-order chi connectivity index (χ1) is 9.54. The Bertz CT molecular complexity index is 587. The fourth-order valence-corrected chi connectivity index (χ4v) is 2.97. The SMILES string of the molecule is Nc1ccc(S[C@@H](C[N+](=O)[O-])c2ccc(Cl)cc2)cc1. The van der Waals surface area contributed by atoms with Crippen LogP contribution in [-0.4, -0.2) is 11.5 Å². The quantitative estimate of drug-likeness (QED) is 0.392. The summed E-state index contributed by atoms with van der Waals surface area (Å²) in [5.41, 5.74) is 7.19. The van der Waals surface area contributed by atoms with Crippen LogP contribution < -0.4 is 5.73 Å². The van der Waals surface area contributed by atoms with Gasteiger partial charge in [-0.05, 0) is 42.0 Å². The van der Waals surface area contributed by atoms with E-state index in [0.717, 1.165) is 10.5 Å². The summed E-state index contributed by atoms with van der Waals surface area (Å²) in [5.74, 6) is 0. The van der Waals surface area contributed by atoms with Gasteiger partial charge in [-0.2, -0.15) is 0 Å². The topological polar surface area (TPSA) is 69.2 Å². The number of benzene rings is 2. The van der Waals surface area contributed by atoms with Gasteiger partial charge in [0.1, 0.15) is 0 Å². The molecule has 20 heavy (non-hydrogen) atoms. The second-order valence-electron chi connectivity index (χ2n) is 4.24. The predicted molar refractivity (Wildman–Crippen MR) is 82.8 cm³/mol. The van der Waals surface area contributed by atoms with Crippen molar-refractivity contribution in [3.63, 3.8) is 0 Å². The Morgan fingerprint density at radius 2 is 1.75 bits per heavy atom. The van der Waals surface area contributed by atoms with E-state index < -0.39 is 0 Å². The Balaban J connectivity index is 2.21. The van der Waals surface area contributed by atoms with Crippen LogP contribution in [0.2, 0.25) is 5.02 Å². The van der Waals surface area contributed by atoms with E-state index in [-0.39, 0.29) is 16.7 Å². The molecule has 0 aliphatic heterocycles. The molecule has 0 radical (unpaired) electrons. The zero-order chi connectivity index (χ0) is 14.5. The van der Waals surface area contributed by atoms with Crippen molar-refractivity contribution in [2.24, 2.45) is 0 Å². The summed E-state index contributed by atoms with van der Waals surface area (Å²) < 4.78 is 0. The van der Waals surface area contributed by atoms with E-state index in [9.17, 15) is 10.1 Å².